The fourth-order valence-electron chi connectivity index (χ4n) is 4.93. The number of nitrogens with zero attached hydrogens (tertiary/aromatic N) is 7. The highest BCUT2D eigenvalue weighted by atomic mass is 19.1. The molecule has 3 atom stereocenters. The van der Waals surface area contributed by atoms with Gasteiger partial charge in [-0.25, -0.2) is 14.4 Å². The van der Waals surface area contributed by atoms with Crippen LogP contribution in [0, 0.1) is 11.7 Å². The van der Waals surface area contributed by atoms with Crippen molar-refractivity contribution < 1.29 is 13.7 Å². The Hall–Kier alpha value is -3.54. The van der Waals surface area contributed by atoms with Gasteiger partial charge >= 0.3 is 6.01 Å². The van der Waals surface area contributed by atoms with Crippen LogP contribution in [0.5, 0.6) is 5.75 Å². The number of pyridine rings is 1. The number of aryl methyl sites for hydroxylation is 1. The number of rotatable bonds is 7. The van der Waals surface area contributed by atoms with Crippen LogP contribution >= 0.6 is 0 Å². The summed E-state index contributed by atoms with van der Waals surface area (Å²) in [6.45, 7) is 6.62. The van der Waals surface area contributed by atoms with Crippen LogP contribution in [0.1, 0.15) is 38.6 Å². The first-order chi connectivity index (χ1) is 17.4. The molecule has 2 aliphatic rings. The van der Waals surface area contributed by atoms with Gasteiger partial charge in [-0.2, -0.15) is 4.98 Å². The molecule has 2 aliphatic heterocycles. The molecule has 0 aliphatic carbocycles. The number of hydrogen-bond donors (Lipinski definition) is 1. The van der Waals surface area contributed by atoms with Gasteiger partial charge in [-0.3, -0.25) is 4.79 Å². The quantitative estimate of drug-likeness (QED) is 0.515. The average molecular weight is 499 g/mol. The Labute approximate surface area is 208 Å². The van der Waals surface area contributed by atoms with Crippen LogP contribution < -0.4 is 25.8 Å². The second-order valence-corrected chi connectivity index (χ2v) is 9.44. The fourth-order valence-corrected chi connectivity index (χ4v) is 4.93. The minimum absolute atomic E-state index is 0.0000652. The molecule has 2 saturated heterocycles. The maximum atomic E-state index is 13.7. The van der Waals surface area contributed by atoms with E-state index in [4.69, 9.17) is 15.0 Å². The van der Waals surface area contributed by atoms with Gasteiger partial charge in [0, 0.05) is 50.9 Å². The first-order valence-electron chi connectivity index (χ1n) is 12.4. The molecule has 0 unspecified atom stereocenters. The second kappa shape index (κ2) is 10.2. The molecule has 5 heterocycles. The van der Waals surface area contributed by atoms with Gasteiger partial charge in [0.2, 0.25) is 5.95 Å². The highest BCUT2D eigenvalue weighted by Crippen LogP contribution is 2.28. The minimum Gasteiger partial charge on any atom is -0.487 e. The number of piperidine rings is 1. The highest BCUT2D eigenvalue weighted by Gasteiger charge is 2.34. The Morgan fingerprint density at radius 1 is 1.19 bits per heavy atom. The predicted octanol–water partition coefficient (Wildman–Crippen LogP) is 1.80. The summed E-state index contributed by atoms with van der Waals surface area (Å²) in [6.07, 6.45) is 7.18. The van der Waals surface area contributed by atoms with E-state index in [1.54, 1.807) is 12.4 Å². The van der Waals surface area contributed by atoms with Gasteiger partial charge in [-0.05, 0) is 31.7 Å². The Morgan fingerprint density at radius 2 is 1.94 bits per heavy atom. The second-order valence-electron chi connectivity index (χ2n) is 9.44. The summed E-state index contributed by atoms with van der Waals surface area (Å²) in [7, 11) is 0. The standard InChI is InChI=1S/C24H31FN8O3/c1-3-21-29-24(36-30-21)31-8-6-16(7-9-31)15(2)35-18-10-27-23(28-11-18)32-13-19(26)20(14-32)33-12-17(25)4-5-22(33)34/h4-5,10-12,15-16,19-20H,3,6-9,13-14,26H2,1-2H3/t15-,19-,20-/m0/s1. The van der Waals surface area contributed by atoms with Crippen LogP contribution in [0.3, 0.4) is 0 Å². The number of nitrogens with two attached hydrogens (primary N) is 1. The molecule has 12 heteroatoms. The third-order valence-corrected chi connectivity index (χ3v) is 7.06. The number of anilines is 2. The number of ether oxygens (including phenoxy) is 1. The maximum Gasteiger partial charge on any atom is 0.324 e. The molecule has 192 valence electrons. The van der Waals surface area contributed by atoms with E-state index in [9.17, 15) is 9.18 Å². The van der Waals surface area contributed by atoms with Crippen molar-refractivity contribution in [1.82, 2.24) is 24.7 Å². The molecule has 0 amide bonds. The van der Waals surface area contributed by atoms with E-state index >= 15 is 0 Å². The van der Waals surface area contributed by atoms with E-state index < -0.39 is 5.82 Å². The van der Waals surface area contributed by atoms with Crippen LogP contribution in [0.15, 0.2) is 40.0 Å². The summed E-state index contributed by atoms with van der Waals surface area (Å²) in [4.78, 5) is 29.6. The molecule has 36 heavy (non-hydrogen) atoms. The number of hydrogen-bond acceptors (Lipinski definition) is 10. The lowest BCUT2D eigenvalue weighted by Gasteiger charge is -2.33. The summed E-state index contributed by atoms with van der Waals surface area (Å²) in [5.41, 5.74) is 5.98. The van der Waals surface area contributed by atoms with Crippen molar-refractivity contribution in [2.75, 3.05) is 36.0 Å². The molecule has 0 saturated carbocycles. The van der Waals surface area contributed by atoms with Crippen molar-refractivity contribution in [2.24, 2.45) is 11.7 Å². The predicted molar refractivity (Wildman–Crippen MR) is 131 cm³/mol. The molecular weight excluding hydrogens is 467 g/mol. The summed E-state index contributed by atoms with van der Waals surface area (Å²) < 4.78 is 26.5. The summed E-state index contributed by atoms with van der Waals surface area (Å²) in [5.74, 6) is 1.73. The molecule has 3 aromatic heterocycles. The molecule has 0 aromatic carbocycles. The Bertz CT molecular complexity index is 1220. The topological polar surface area (TPSA) is 128 Å². The summed E-state index contributed by atoms with van der Waals surface area (Å²) >= 11 is 0. The molecule has 0 bridgehead atoms. The Kier molecular flexibility index (Phi) is 6.86. The van der Waals surface area contributed by atoms with Crippen molar-refractivity contribution in [3.63, 3.8) is 0 Å². The van der Waals surface area contributed by atoms with Crippen LogP contribution in [0.4, 0.5) is 16.4 Å². The van der Waals surface area contributed by atoms with Crippen molar-refractivity contribution >= 4 is 12.0 Å². The molecule has 0 radical (unpaired) electrons. The van der Waals surface area contributed by atoms with Gasteiger partial charge in [0.1, 0.15) is 5.82 Å². The van der Waals surface area contributed by atoms with Crippen LogP contribution in [-0.4, -0.2) is 63.0 Å². The van der Waals surface area contributed by atoms with E-state index in [2.05, 4.69) is 31.9 Å². The van der Waals surface area contributed by atoms with E-state index in [1.165, 1.54) is 16.8 Å². The van der Waals surface area contributed by atoms with Gasteiger partial charge in [0.05, 0.1) is 24.5 Å². The van der Waals surface area contributed by atoms with Crippen molar-refractivity contribution in [1.29, 1.82) is 0 Å². The number of halogens is 1. The van der Waals surface area contributed by atoms with Gasteiger partial charge in [0.25, 0.3) is 5.56 Å². The van der Waals surface area contributed by atoms with Crippen LogP contribution in [0.2, 0.25) is 0 Å². The third-order valence-electron chi connectivity index (χ3n) is 7.06. The molecule has 0 spiro atoms. The van der Waals surface area contributed by atoms with Gasteiger partial charge in [0.15, 0.2) is 11.6 Å². The minimum atomic E-state index is -0.474. The zero-order valence-corrected chi connectivity index (χ0v) is 20.5. The normalized spacial score (nSPS) is 21.7. The Balaban J connectivity index is 1.15. The van der Waals surface area contributed by atoms with Gasteiger partial charge < -0.3 is 29.4 Å². The SMILES string of the molecule is CCc1noc(N2CCC([C@H](C)Oc3cnc(N4C[C@H](N)[C@@H](n5cc(F)ccc5=O)C4)nc3)CC2)n1. The van der Waals surface area contributed by atoms with Crippen LogP contribution in [-0.2, 0) is 6.42 Å². The van der Waals surface area contributed by atoms with Gasteiger partial charge in [-0.15, -0.1) is 0 Å². The van der Waals surface area contributed by atoms with E-state index in [1.807, 2.05) is 11.8 Å². The Morgan fingerprint density at radius 3 is 2.64 bits per heavy atom. The molecule has 2 N–H and O–H groups in total. The summed E-state index contributed by atoms with van der Waals surface area (Å²) in [6, 6.07) is 2.24. The van der Waals surface area contributed by atoms with Crippen molar-refractivity contribution in [3.05, 3.63) is 52.7 Å². The zero-order chi connectivity index (χ0) is 25.2. The molecule has 3 aromatic rings. The molecule has 5 rings (SSSR count). The summed E-state index contributed by atoms with van der Waals surface area (Å²) in [5, 5.41) is 3.98. The van der Waals surface area contributed by atoms with Crippen LogP contribution in [0.25, 0.3) is 0 Å². The fraction of sp³-hybridized carbons (Fsp3) is 0.542. The van der Waals surface area contributed by atoms with E-state index in [0.717, 1.165) is 44.2 Å². The highest BCUT2D eigenvalue weighted by molar-refractivity contribution is 5.35. The first-order valence-corrected chi connectivity index (χ1v) is 12.4. The molecule has 11 nitrogen and oxygen atoms in total. The smallest absolute Gasteiger partial charge is 0.324 e. The maximum absolute atomic E-state index is 13.7. The first kappa shape index (κ1) is 24.2. The lowest BCUT2D eigenvalue weighted by molar-refractivity contribution is 0.131. The average Bonchev–Trinajstić information content (AvgIpc) is 3.53. The molecular formula is C24H31FN8O3. The van der Waals surface area contributed by atoms with E-state index in [0.29, 0.717) is 36.7 Å². The van der Waals surface area contributed by atoms with Crippen molar-refractivity contribution in [2.45, 2.75) is 51.3 Å². The third kappa shape index (κ3) is 5.03. The van der Waals surface area contributed by atoms with Crippen molar-refractivity contribution in [3.8, 4) is 5.75 Å². The van der Waals surface area contributed by atoms with E-state index in [-0.39, 0.29) is 23.7 Å². The van der Waals surface area contributed by atoms with Gasteiger partial charge in [-0.1, -0.05) is 12.1 Å². The lowest BCUT2D eigenvalue weighted by Crippen LogP contribution is -2.38. The number of aromatic nitrogens is 5. The monoisotopic (exact) mass is 498 g/mol. The molecule has 2 fully saturated rings. The lowest BCUT2D eigenvalue weighted by atomic mass is 9.92. The largest absolute Gasteiger partial charge is 0.487 e. The zero-order valence-electron chi connectivity index (χ0n) is 20.5.